The molecule has 0 aliphatic rings. The minimum absolute atomic E-state index is 0.689. The van der Waals surface area contributed by atoms with Gasteiger partial charge in [0.2, 0.25) is 0 Å². The van der Waals surface area contributed by atoms with Crippen molar-refractivity contribution in [3.05, 3.63) is 0 Å². The molecule has 0 saturated carbocycles. The summed E-state index contributed by atoms with van der Waals surface area (Å²) in [6.45, 7) is 10.5. The van der Waals surface area contributed by atoms with Gasteiger partial charge in [-0.25, -0.2) is 0 Å². The number of ether oxygens (including phenoxy) is 1. The van der Waals surface area contributed by atoms with Gasteiger partial charge in [-0.05, 0) is 38.8 Å². The van der Waals surface area contributed by atoms with Gasteiger partial charge in [-0.2, -0.15) is 0 Å². The molecule has 0 heterocycles. The van der Waals surface area contributed by atoms with Crippen LogP contribution in [0.4, 0.5) is 0 Å². The second-order valence-electron chi connectivity index (χ2n) is 3.30. The van der Waals surface area contributed by atoms with Crippen LogP contribution in [-0.4, -0.2) is 26.3 Å². The van der Waals surface area contributed by atoms with Gasteiger partial charge in [0.15, 0.2) is 0 Å². The van der Waals surface area contributed by atoms with Gasteiger partial charge in [0, 0.05) is 13.2 Å². The summed E-state index contributed by atoms with van der Waals surface area (Å²) >= 11 is 0. The van der Waals surface area contributed by atoms with Crippen molar-refractivity contribution >= 4 is 0 Å². The summed E-state index contributed by atoms with van der Waals surface area (Å²) in [4.78, 5) is 0. The molecule has 0 aromatic heterocycles. The Balaban J connectivity index is 3.02. The van der Waals surface area contributed by atoms with Crippen molar-refractivity contribution in [2.24, 2.45) is 5.92 Å². The van der Waals surface area contributed by atoms with Crippen molar-refractivity contribution < 1.29 is 4.74 Å². The zero-order valence-electron chi connectivity index (χ0n) is 8.73. The second kappa shape index (κ2) is 9.01. The summed E-state index contributed by atoms with van der Waals surface area (Å²) in [5.41, 5.74) is 0. The van der Waals surface area contributed by atoms with Crippen molar-refractivity contribution in [2.75, 3.05) is 26.3 Å². The zero-order valence-corrected chi connectivity index (χ0v) is 8.73. The molecule has 2 nitrogen and oxygen atoms in total. The van der Waals surface area contributed by atoms with E-state index in [4.69, 9.17) is 4.74 Å². The zero-order chi connectivity index (χ0) is 9.23. The van der Waals surface area contributed by atoms with Crippen LogP contribution >= 0.6 is 0 Å². The molecular formula is C10H23NO. The Hall–Kier alpha value is -0.0800. The molecule has 0 rings (SSSR count). The Labute approximate surface area is 76.7 Å². The fraction of sp³-hybridized carbons (Fsp3) is 1.00. The first kappa shape index (κ1) is 11.9. The molecule has 0 aromatic rings. The molecule has 0 amide bonds. The first-order valence-corrected chi connectivity index (χ1v) is 5.09. The topological polar surface area (TPSA) is 21.3 Å². The van der Waals surface area contributed by atoms with Gasteiger partial charge in [-0.15, -0.1) is 0 Å². The molecule has 0 saturated heterocycles. The van der Waals surface area contributed by atoms with Gasteiger partial charge in [0.1, 0.15) is 0 Å². The van der Waals surface area contributed by atoms with Crippen LogP contribution < -0.4 is 5.32 Å². The van der Waals surface area contributed by atoms with E-state index >= 15 is 0 Å². The largest absolute Gasteiger partial charge is 0.381 e. The highest BCUT2D eigenvalue weighted by Gasteiger charge is 1.99. The van der Waals surface area contributed by atoms with Crippen LogP contribution in [0.2, 0.25) is 0 Å². The highest BCUT2D eigenvalue weighted by Crippen LogP contribution is 2.00. The standard InChI is InChI=1S/C10H23NO/c1-4-7-11-8-6-10(3)9-12-5-2/h10-11H,4-9H2,1-3H3. The molecule has 0 fully saturated rings. The molecule has 0 spiro atoms. The Morgan fingerprint density at radius 3 is 2.58 bits per heavy atom. The van der Waals surface area contributed by atoms with Gasteiger partial charge in [0.25, 0.3) is 0 Å². The molecule has 0 radical (unpaired) electrons. The molecule has 12 heavy (non-hydrogen) atoms. The normalized spacial score (nSPS) is 13.2. The number of hydrogen-bond donors (Lipinski definition) is 1. The number of nitrogens with one attached hydrogen (secondary N) is 1. The molecule has 0 bridgehead atoms. The average molecular weight is 173 g/mol. The van der Waals surface area contributed by atoms with Crippen molar-refractivity contribution in [1.82, 2.24) is 5.32 Å². The number of hydrogen-bond acceptors (Lipinski definition) is 2. The first-order chi connectivity index (χ1) is 5.81. The summed E-state index contributed by atoms with van der Waals surface area (Å²) < 4.78 is 5.32. The second-order valence-corrected chi connectivity index (χ2v) is 3.30. The third-order valence-corrected chi connectivity index (χ3v) is 1.85. The fourth-order valence-electron chi connectivity index (χ4n) is 1.05. The van der Waals surface area contributed by atoms with Crippen LogP contribution in [0.5, 0.6) is 0 Å². The van der Waals surface area contributed by atoms with E-state index in [0.29, 0.717) is 5.92 Å². The summed E-state index contributed by atoms with van der Waals surface area (Å²) in [6, 6.07) is 0. The van der Waals surface area contributed by atoms with Gasteiger partial charge in [0.05, 0.1) is 0 Å². The maximum Gasteiger partial charge on any atom is 0.0491 e. The number of rotatable bonds is 8. The Morgan fingerprint density at radius 2 is 2.00 bits per heavy atom. The van der Waals surface area contributed by atoms with Crippen LogP contribution in [0.25, 0.3) is 0 Å². The van der Waals surface area contributed by atoms with Crippen LogP contribution in [0.15, 0.2) is 0 Å². The lowest BCUT2D eigenvalue weighted by atomic mass is 10.1. The van der Waals surface area contributed by atoms with Crippen molar-refractivity contribution in [2.45, 2.75) is 33.6 Å². The molecule has 1 unspecified atom stereocenters. The minimum Gasteiger partial charge on any atom is -0.381 e. The van der Waals surface area contributed by atoms with E-state index in [1.807, 2.05) is 6.92 Å². The summed E-state index contributed by atoms with van der Waals surface area (Å²) in [5.74, 6) is 0.689. The van der Waals surface area contributed by atoms with E-state index in [9.17, 15) is 0 Å². The third kappa shape index (κ3) is 8.02. The van der Waals surface area contributed by atoms with Crippen LogP contribution in [0.1, 0.15) is 33.6 Å². The van der Waals surface area contributed by atoms with E-state index in [2.05, 4.69) is 19.2 Å². The van der Waals surface area contributed by atoms with Crippen molar-refractivity contribution in [1.29, 1.82) is 0 Å². The predicted octanol–water partition coefficient (Wildman–Crippen LogP) is 2.05. The van der Waals surface area contributed by atoms with Crippen molar-refractivity contribution in [3.63, 3.8) is 0 Å². The maximum atomic E-state index is 5.32. The van der Waals surface area contributed by atoms with Crippen molar-refractivity contribution in [3.8, 4) is 0 Å². The predicted molar refractivity (Wildman–Crippen MR) is 53.4 cm³/mol. The molecule has 0 aromatic carbocycles. The molecule has 2 heteroatoms. The molecule has 1 atom stereocenters. The van der Waals surface area contributed by atoms with Gasteiger partial charge >= 0.3 is 0 Å². The lowest BCUT2D eigenvalue weighted by Gasteiger charge is -2.11. The molecule has 74 valence electrons. The van der Waals surface area contributed by atoms with Crippen LogP contribution in [0.3, 0.4) is 0 Å². The summed E-state index contributed by atoms with van der Waals surface area (Å²) in [7, 11) is 0. The fourth-order valence-corrected chi connectivity index (χ4v) is 1.05. The van der Waals surface area contributed by atoms with Gasteiger partial charge in [-0.1, -0.05) is 13.8 Å². The lowest BCUT2D eigenvalue weighted by molar-refractivity contribution is 0.113. The van der Waals surface area contributed by atoms with E-state index in [-0.39, 0.29) is 0 Å². The monoisotopic (exact) mass is 173 g/mol. The highest BCUT2D eigenvalue weighted by atomic mass is 16.5. The van der Waals surface area contributed by atoms with Crippen LogP contribution in [0, 0.1) is 5.92 Å². The SMILES string of the molecule is CCCNCCC(C)COCC. The van der Waals surface area contributed by atoms with Gasteiger partial charge in [-0.3, -0.25) is 0 Å². The van der Waals surface area contributed by atoms with E-state index in [0.717, 1.165) is 26.3 Å². The molecular weight excluding hydrogens is 150 g/mol. The highest BCUT2D eigenvalue weighted by molar-refractivity contribution is 4.54. The molecule has 1 N–H and O–H groups in total. The van der Waals surface area contributed by atoms with E-state index < -0.39 is 0 Å². The summed E-state index contributed by atoms with van der Waals surface area (Å²) in [5, 5.41) is 3.39. The average Bonchev–Trinajstić information content (AvgIpc) is 2.09. The van der Waals surface area contributed by atoms with E-state index in [1.54, 1.807) is 0 Å². The third-order valence-electron chi connectivity index (χ3n) is 1.85. The Kier molecular flexibility index (Phi) is 8.95. The van der Waals surface area contributed by atoms with Gasteiger partial charge < -0.3 is 10.1 Å². The Morgan fingerprint density at radius 1 is 1.25 bits per heavy atom. The van der Waals surface area contributed by atoms with Crippen LogP contribution in [-0.2, 0) is 4.74 Å². The maximum absolute atomic E-state index is 5.32. The Bertz CT molecular complexity index is 85.9. The lowest BCUT2D eigenvalue weighted by Crippen LogP contribution is -2.19. The first-order valence-electron chi connectivity index (χ1n) is 5.09. The summed E-state index contributed by atoms with van der Waals surface area (Å²) in [6.07, 6.45) is 2.44. The quantitative estimate of drug-likeness (QED) is 0.567. The van der Waals surface area contributed by atoms with E-state index in [1.165, 1.54) is 12.8 Å². The minimum atomic E-state index is 0.689. The smallest absolute Gasteiger partial charge is 0.0491 e. The molecule has 0 aliphatic heterocycles. The molecule has 0 aliphatic carbocycles.